The van der Waals surface area contributed by atoms with Crippen molar-refractivity contribution in [3.05, 3.63) is 95.2 Å². The minimum Gasteiger partial charge on any atom is -0.461 e. The van der Waals surface area contributed by atoms with Crippen LogP contribution in [-0.2, 0) is 14.3 Å². The molecule has 8 heterocycles. The molecule has 3 aromatic carbocycles. The number of halogens is 2. The summed E-state index contributed by atoms with van der Waals surface area (Å²) in [5.74, 6) is -0.397. The molecule has 3 unspecified atom stereocenters. The van der Waals surface area contributed by atoms with Crippen LogP contribution in [0.5, 0.6) is 6.01 Å². The number of carbonyl (C=O) groups excluding carboxylic acids is 5. The maximum Gasteiger partial charge on any atom is 0.407 e. The fourth-order valence-corrected chi connectivity index (χ4v) is 12.4. The van der Waals surface area contributed by atoms with Crippen LogP contribution in [0.3, 0.4) is 0 Å². The van der Waals surface area contributed by atoms with Gasteiger partial charge in [0, 0.05) is 80.1 Å². The van der Waals surface area contributed by atoms with Crippen LogP contribution in [0.25, 0.3) is 32.9 Å². The third kappa shape index (κ3) is 9.68. The Kier molecular flexibility index (Phi) is 14.1. The van der Waals surface area contributed by atoms with Crippen LogP contribution in [-0.4, -0.2) is 130 Å². The van der Waals surface area contributed by atoms with Crippen molar-refractivity contribution >= 4 is 62.9 Å². The molecule has 2 aromatic heterocycles. The zero-order valence-electron chi connectivity index (χ0n) is 42.2. The Bertz CT molecular complexity index is 3230. The lowest BCUT2D eigenvalue weighted by Gasteiger charge is -2.35. The second-order valence-corrected chi connectivity index (χ2v) is 21.0. The molecule has 6 aliphatic rings. The summed E-state index contributed by atoms with van der Waals surface area (Å²) in [5.41, 5.74) is 2.05. The fraction of sp³-hybridized carbons (Fsp3) is 0.439. The summed E-state index contributed by atoms with van der Waals surface area (Å²) < 4.78 is 44.5. The molecule has 394 valence electrons. The van der Waals surface area contributed by atoms with Crippen LogP contribution in [0.1, 0.15) is 110 Å². The van der Waals surface area contributed by atoms with Gasteiger partial charge in [0.1, 0.15) is 42.1 Å². The van der Waals surface area contributed by atoms with E-state index in [0.29, 0.717) is 72.4 Å². The molecular weight excluding hydrogens is 975 g/mol. The Balaban J connectivity index is 0.661. The molecule has 5 saturated heterocycles. The van der Waals surface area contributed by atoms with E-state index in [0.717, 1.165) is 74.7 Å². The second kappa shape index (κ2) is 21.2. The van der Waals surface area contributed by atoms with Crippen LogP contribution in [0.2, 0.25) is 0 Å². The number of benzene rings is 3. The van der Waals surface area contributed by atoms with Gasteiger partial charge in [-0.1, -0.05) is 74.1 Å². The Morgan fingerprint density at radius 2 is 1.67 bits per heavy atom. The van der Waals surface area contributed by atoms with E-state index in [4.69, 9.17) is 25.9 Å². The number of hydrogen-bond donors (Lipinski definition) is 4. The van der Waals surface area contributed by atoms with Crippen molar-refractivity contribution in [2.75, 3.05) is 56.2 Å². The van der Waals surface area contributed by atoms with Gasteiger partial charge in [0.2, 0.25) is 11.8 Å². The average molecular weight is 1040 g/mol. The zero-order chi connectivity index (χ0) is 52.7. The number of terminal acetylenes is 1. The van der Waals surface area contributed by atoms with Gasteiger partial charge < -0.3 is 30.3 Å². The third-order valence-electron chi connectivity index (χ3n) is 16.1. The largest absolute Gasteiger partial charge is 0.461 e. The molecule has 0 radical (unpaired) electrons. The van der Waals surface area contributed by atoms with Crippen molar-refractivity contribution in [1.29, 1.82) is 0 Å². The van der Waals surface area contributed by atoms with Crippen molar-refractivity contribution < 1.29 is 42.2 Å². The lowest BCUT2D eigenvalue weighted by atomic mass is 9.94. The first-order valence-electron chi connectivity index (χ1n) is 26.5. The van der Waals surface area contributed by atoms with Gasteiger partial charge in [-0.3, -0.25) is 39.3 Å². The van der Waals surface area contributed by atoms with Crippen molar-refractivity contribution in [2.45, 2.75) is 113 Å². The number of nitrogens with one attached hydrogen (secondary N) is 4. The van der Waals surface area contributed by atoms with Crippen molar-refractivity contribution in [2.24, 2.45) is 0 Å². The Hall–Kier alpha value is -7.56. The number of ether oxygens (including phenoxy) is 2. The molecule has 17 nitrogen and oxygen atoms in total. The van der Waals surface area contributed by atoms with E-state index < -0.39 is 52.9 Å². The Labute approximate surface area is 438 Å². The molecule has 19 heteroatoms. The molecule has 2 bridgehead atoms. The number of aromatic nitrogens is 3. The summed E-state index contributed by atoms with van der Waals surface area (Å²) in [6, 6.07) is 12.7. The summed E-state index contributed by atoms with van der Waals surface area (Å²) in [4.78, 5) is 83.3. The van der Waals surface area contributed by atoms with Crippen LogP contribution in [0.4, 0.5) is 25.1 Å². The number of piperazine rings is 1. The fourth-order valence-electron chi connectivity index (χ4n) is 12.4. The highest BCUT2D eigenvalue weighted by Gasteiger charge is 2.52. The summed E-state index contributed by atoms with van der Waals surface area (Å²) in [6.07, 6.45) is 16.8. The number of fused-ring (bicyclic) bond motifs is 6. The average Bonchev–Trinajstić information content (AvgIpc) is 4.14. The zero-order valence-corrected chi connectivity index (χ0v) is 42.2. The van der Waals surface area contributed by atoms with E-state index in [-0.39, 0.29) is 78.1 Å². The number of nitrogens with zero attached hydrogens (tertiary/aromatic N) is 6. The number of amides is 5. The van der Waals surface area contributed by atoms with Crippen LogP contribution in [0.15, 0.2) is 66.9 Å². The summed E-state index contributed by atoms with van der Waals surface area (Å²) >= 11 is 0. The lowest BCUT2D eigenvalue weighted by Crippen LogP contribution is -2.54. The first kappa shape index (κ1) is 50.6. The maximum absolute atomic E-state index is 17.2. The number of alkyl carbamates (subject to hydrolysis) is 1. The third-order valence-corrected chi connectivity index (χ3v) is 16.1. The summed E-state index contributed by atoms with van der Waals surface area (Å²) in [7, 11) is 0. The van der Waals surface area contributed by atoms with Gasteiger partial charge in [0.25, 0.3) is 11.8 Å². The molecule has 4 N–H and O–H groups in total. The van der Waals surface area contributed by atoms with Gasteiger partial charge in [-0.05, 0) is 75.0 Å². The predicted octanol–water partition coefficient (Wildman–Crippen LogP) is 7.17. The first-order chi connectivity index (χ1) is 36.9. The van der Waals surface area contributed by atoms with Crippen LogP contribution in [0, 0.1) is 24.0 Å². The van der Waals surface area contributed by atoms with Crippen molar-refractivity contribution in [3.63, 3.8) is 0 Å². The van der Waals surface area contributed by atoms with Gasteiger partial charge in [0.15, 0.2) is 5.82 Å². The SMILES string of the molecule is C#Cc1c(F)ccc2cccc(-c3ncc4c(N5CC6CCC(C5)N6)nc(OC[C@@]56CC[C@@H](COC(=O)NCCCCCCCCNc7cccc8c7C(=O)N(C7CCC(=O)NC7=O)C8=O)N5CC(=C)C6)nc4c3F)c12. The number of piperidine rings is 1. The van der Waals surface area contributed by atoms with E-state index in [1.807, 2.05) is 0 Å². The molecule has 76 heavy (non-hydrogen) atoms. The van der Waals surface area contributed by atoms with E-state index in [1.54, 1.807) is 48.7 Å². The number of hydrogen-bond acceptors (Lipinski definition) is 14. The topological polar surface area (TPSA) is 200 Å². The molecule has 6 aliphatic heterocycles. The van der Waals surface area contributed by atoms with E-state index in [2.05, 4.69) is 48.6 Å². The highest BCUT2D eigenvalue weighted by atomic mass is 19.1. The van der Waals surface area contributed by atoms with E-state index in [1.165, 1.54) is 6.07 Å². The minimum absolute atomic E-state index is 0.00685. The second-order valence-electron chi connectivity index (χ2n) is 21.0. The summed E-state index contributed by atoms with van der Waals surface area (Å²) in [6.45, 7) is 7.80. The maximum atomic E-state index is 17.2. The van der Waals surface area contributed by atoms with E-state index in [9.17, 15) is 24.0 Å². The smallest absolute Gasteiger partial charge is 0.407 e. The standard InChI is InChI=1S/C57H60F2N10O7/c1-3-38-42(58)19-16-34-12-10-13-39(46(34)38)49-48(59)50-41(27-62-49)51(67-29-35-17-18-36(30-67)63-35)66-55(65-50)76-32-57-23-22-37(68(57)28-33(2)26-57)31-75-56(74)61-25-9-7-5-4-6-8-24-60-43-15-11-14-40-47(43)54(73)69(53(40)72)44-20-21-45(70)64-52(44)71/h1,10-16,19,27,35-37,44,60,63H,2,4-9,17-18,20-26,28-32H2,(H,61,74)(H,64,70,71)/t35?,36?,37-,44?,57-/m0/s1. The van der Waals surface area contributed by atoms with Gasteiger partial charge in [-0.15, -0.1) is 6.42 Å². The number of anilines is 2. The van der Waals surface area contributed by atoms with Crippen LogP contribution >= 0.6 is 0 Å². The van der Waals surface area contributed by atoms with Crippen LogP contribution < -0.4 is 30.9 Å². The number of imide groups is 2. The number of carbonyl (C=O) groups is 5. The quantitative estimate of drug-likeness (QED) is 0.0298. The van der Waals surface area contributed by atoms with Crippen molar-refractivity contribution in [3.8, 4) is 29.6 Å². The first-order valence-corrected chi connectivity index (χ1v) is 26.5. The molecular formula is C57H60F2N10O7. The molecule has 0 aliphatic carbocycles. The van der Waals surface area contributed by atoms with Crippen molar-refractivity contribution in [1.82, 2.24) is 40.7 Å². The highest BCUT2D eigenvalue weighted by Crippen LogP contribution is 2.45. The molecule has 5 atom stereocenters. The number of unbranched alkanes of at least 4 members (excludes halogenated alkanes) is 5. The number of rotatable bonds is 18. The van der Waals surface area contributed by atoms with Gasteiger partial charge >= 0.3 is 12.1 Å². The molecule has 5 aromatic rings. The molecule has 0 spiro atoms. The molecule has 11 rings (SSSR count). The van der Waals surface area contributed by atoms with E-state index >= 15 is 8.78 Å². The molecule has 0 saturated carbocycles. The minimum atomic E-state index is -1.01. The Morgan fingerprint density at radius 1 is 0.908 bits per heavy atom. The lowest BCUT2D eigenvalue weighted by molar-refractivity contribution is -0.136. The number of pyridine rings is 1. The normalized spacial score (nSPS) is 23.0. The van der Waals surface area contributed by atoms with Gasteiger partial charge in [0.05, 0.1) is 27.6 Å². The molecule has 5 amide bonds. The van der Waals surface area contributed by atoms with Gasteiger partial charge in [-0.2, -0.15) is 9.97 Å². The molecule has 5 fully saturated rings. The predicted molar refractivity (Wildman–Crippen MR) is 281 cm³/mol. The summed E-state index contributed by atoms with van der Waals surface area (Å²) in [5, 5.41) is 13.6. The monoisotopic (exact) mass is 1030 g/mol. The Morgan fingerprint density at radius 3 is 2.46 bits per heavy atom. The highest BCUT2D eigenvalue weighted by molar-refractivity contribution is 6.25. The van der Waals surface area contributed by atoms with Gasteiger partial charge in [-0.25, -0.2) is 13.6 Å².